The Labute approximate surface area is 88.8 Å². The van der Waals surface area contributed by atoms with E-state index in [9.17, 15) is 19.8 Å². The second-order valence-corrected chi connectivity index (χ2v) is 1.99. The van der Waals surface area contributed by atoms with E-state index in [0.29, 0.717) is 0 Å². The van der Waals surface area contributed by atoms with Crippen molar-refractivity contribution in [3.63, 3.8) is 0 Å². The van der Waals surface area contributed by atoms with Gasteiger partial charge in [-0.15, -0.1) is 0 Å². The van der Waals surface area contributed by atoms with Crippen molar-refractivity contribution in [1.29, 1.82) is 0 Å². The molecule has 2 atom stereocenters. The van der Waals surface area contributed by atoms with Crippen LogP contribution in [0.5, 0.6) is 0 Å². The number of rotatable bonds is 2. The van der Waals surface area contributed by atoms with Gasteiger partial charge in [0.05, 0.1) is 24.1 Å². The van der Waals surface area contributed by atoms with Crippen molar-refractivity contribution in [2.75, 3.05) is 0 Å². The standard InChI is InChI=1S/2C3H6O3.GeO/c2*1-2(4)3(5)6;1-2/h2*2,4H,1H3,(H,5,6);/p-2. The molecule has 82 valence electrons. The minimum absolute atomic E-state index is 0.750. The van der Waals surface area contributed by atoms with Crippen molar-refractivity contribution in [3.05, 3.63) is 0 Å². The Balaban J connectivity index is -0.000000147. The molecule has 0 heterocycles. The molecule has 2 unspecified atom stereocenters. The Hall–Kier alpha value is -0.797. The van der Waals surface area contributed by atoms with Crippen molar-refractivity contribution >= 4 is 28.4 Å². The molecular weight excluding hydrogens is 257 g/mol. The molecule has 14 heavy (non-hydrogen) atoms. The van der Waals surface area contributed by atoms with Gasteiger partial charge in [0.15, 0.2) is 0 Å². The summed E-state index contributed by atoms with van der Waals surface area (Å²) < 4.78 is 8.25. The van der Waals surface area contributed by atoms with Crippen molar-refractivity contribution in [2.45, 2.75) is 26.1 Å². The fourth-order valence-electron chi connectivity index (χ4n) is 0. The Morgan fingerprint density at radius 3 is 1.07 bits per heavy atom. The van der Waals surface area contributed by atoms with E-state index in [1.54, 1.807) is 0 Å². The molecule has 0 aromatic heterocycles. The van der Waals surface area contributed by atoms with Crippen LogP contribution in [0.2, 0.25) is 0 Å². The maximum absolute atomic E-state index is 9.34. The van der Waals surface area contributed by atoms with E-state index in [1.165, 1.54) is 0 Å². The van der Waals surface area contributed by atoms with Crippen LogP contribution in [0, 0.1) is 0 Å². The summed E-state index contributed by atoms with van der Waals surface area (Å²) in [5, 5.41) is 34.6. The van der Waals surface area contributed by atoms with Gasteiger partial charge in [-0.25, -0.2) is 0 Å². The molecule has 0 fully saturated rings. The first kappa shape index (κ1) is 18.9. The van der Waals surface area contributed by atoms with Crippen LogP contribution in [-0.2, 0) is 13.4 Å². The zero-order valence-corrected chi connectivity index (χ0v) is 9.69. The molecule has 0 saturated carbocycles. The first-order chi connectivity index (χ1) is 6.29. The van der Waals surface area contributed by atoms with Crippen molar-refractivity contribution < 1.29 is 33.8 Å². The van der Waals surface area contributed by atoms with Gasteiger partial charge in [0, 0.05) is 0 Å². The number of aliphatic carboxylic acids is 2. The zero-order valence-electron chi connectivity index (χ0n) is 7.59. The third-order valence-corrected chi connectivity index (χ3v) is 0.682. The molecular formula is C6H10GeO7-2. The van der Waals surface area contributed by atoms with Gasteiger partial charge in [0.1, 0.15) is 0 Å². The molecule has 0 aliphatic rings. The number of hydrogen-bond acceptors (Lipinski definition) is 7. The zero-order chi connectivity index (χ0) is 12.3. The van der Waals surface area contributed by atoms with Crippen LogP contribution >= 0.6 is 0 Å². The summed E-state index contributed by atoms with van der Waals surface area (Å²) >= 11 is 0.750. The normalized spacial score (nSPS) is 12.0. The van der Waals surface area contributed by atoms with Gasteiger partial charge in [0.2, 0.25) is 0 Å². The minimum atomic E-state index is -1.44. The molecule has 0 aliphatic heterocycles. The fraction of sp³-hybridized carbons (Fsp3) is 0.667. The molecule has 0 saturated heterocycles. The van der Waals surface area contributed by atoms with E-state index >= 15 is 0 Å². The molecule has 0 rings (SSSR count). The van der Waals surface area contributed by atoms with E-state index in [1.807, 2.05) is 0 Å². The molecule has 0 amide bonds. The topological polar surface area (TPSA) is 138 Å². The summed E-state index contributed by atoms with van der Waals surface area (Å²) in [6, 6.07) is 0. The van der Waals surface area contributed by atoms with Gasteiger partial charge < -0.3 is 30.0 Å². The van der Waals surface area contributed by atoms with Crippen LogP contribution < -0.4 is 10.2 Å². The number of aliphatic hydroxyl groups is 2. The monoisotopic (exact) mass is 268 g/mol. The van der Waals surface area contributed by atoms with Gasteiger partial charge in [-0.1, -0.05) is 0 Å². The summed E-state index contributed by atoms with van der Waals surface area (Å²) in [6.07, 6.45) is -2.69. The molecule has 0 spiro atoms. The molecule has 0 aromatic rings. The predicted molar refractivity (Wildman–Crippen MR) is 39.8 cm³/mol. The fourth-order valence-corrected chi connectivity index (χ4v) is 0. The van der Waals surface area contributed by atoms with Crippen LogP contribution in [-0.4, -0.2) is 50.8 Å². The van der Waals surface area contributed by atoms with Gasteiger partial charge in [-0.05, 0) is 13.8 Å². The Bertz CT molecular complexity index is 150. The molecule has 8 heteroatoms. The number of carbonyl (C=O) groups excluding carboxylic acids is 2. The van der Waals surface area contributed by atoms with Gasteiger partial charge in [-0.3, -0.25) is 0 Å². The molecule has 2 N–H and O–H groups in total. The molecule has 0 bridgehead atoms. The van der Waals surface area contributed by atoms with Crippen LogP contribution in [0.4, 0.5) is 0 Å². The second kappa shape index (κ2) is 12.2. The van der Waals surface area contributed by atoms with Crippen LogP contribution in [0.15, 0.2) is 0 Å². The van der Waals surface area contributed by atoms with Crippen LogP contribution in [0.3, 0.4) is 0 Å². The molecule has 7 nitrogen and oxygen atoms in total. The van der Waals surface area contributed by atoms with Gasteiger partial charge in [0.25, 0.3) is 0 Å². The van der Waals surface area contributed by atoms with E-state index < -0.39 is 24.1 Å². The quantitative estimate of drug-likeness (QED) is 0.483. The van der Waals surface area contributed by atoms with E-state index in [-0.39, 0.29) is 0 Å². The maximum atomic E-state index is 9.34. The van der Waals surface area contributed by atoms with Gasteiger partial charge >= 0.3 is 20.2 Å². The average molecular weight is 267 g/mol. The SMILES string of the molecule is CC(O)C(=O)[O-].CC(O)C(=O)[O-].[O]=[Ge]. The molecule has 0 aromatic carbocycles. The number of aliphatic hydroxyl groups excluding tert-OH is 2. The molecule has 0 aliphatic carbocycles. The Morgan fingerprint density at radius 1 is 1.00 bits per heavy atom. The van der Waals surface area contributed by atoms with Crippen molar-refractivity contribution in [1.82, 2.24) is 0 Å². The number of hydrogen-bond donors (Lipinski definition) is 2. The third-order valence-electron chi connectivity index (χ3n) is 0.682. The number of carbonyl (C=O) groups is 2. The second-order valence-electron chi connectivity index (χ2n) is 1.99. The summed E-state index contributed by atoms with van der Waals surface area (Å²) in [4.78, 5) is 18.7. The summed E-state index contributed by atoms with van der Waals surface area (Å²) in [6.45, 7) is 2.27. The van der Waals surface area contributed by atoms with Crippen molar-refractivity contribution in [2.24, 2.45) is 0 Å². The number of carboxylic acid groups (broad SMARTS) is 2. The van der Waals surface area contributed by atoms with E-state index in [2.05, 4.69) is 0 Å². The Kier molecular flexibility index (Phi) is 16.5. The average Bonchev–Trinajstić information content (AvgIpc) is 2.08. The van der Waals surface area contributed by atoms with Crippen LogP contribution in [0.25, 0.3) is 0 Å². The van der Waals surface area contributed by atoms with E-state index in [4.69, 9.17) is 14.0 Å². The Morgan fingerprint density at radius 2 is 1.07 bits per heavy atom. The molecule has 2 radical (unpaired) electrons. The first-order valence-electron chi connectivity index (χ1n) is 3.27. The summed E-state index contributed by atoms with van der Waals surface area (Å²) in [5.41, 5.74) is 0. The first-order valence-corrected chi connectivity index (χ1v) is 4.13. The predicted octanol–water partition coefficient (Wildman–Crippen LogP) is -4.27. The third kappa shape index (κ3) is 22.5. The van der Waals surface area contributed by atoms with Crippen LogP contribution in [0.1, 0.15) is 13.8 Å². The van der Waals surface area contributed by atoms with Crippen molar-refractivity contribution in [3.8, 4) is 0 Å². The summed E-state index contributed by atoms with van der Waals surface area (Å²) in [5.74, 6) is -2.87. The van der Waals surface area contributed by atoms with E-state index in [0.717, 1.165) is 30.3 Å². The van der Waals surface area contributed by atoms with Gasteiger partial charge in [-0.2, -0.15) is 0 Å². The summed E-state index contributed by atoms with van der Waals surface area (Å²) in [7, 11) is 0. The number of carboxylic acids is 2.